The number of nitrogens with zero attached hydrogens (tertiary/aromatic N) is 2. The highest BCUT2D eigenvalue weighted by atomic mass is 32.2. The fourth-order valence-electron chi connectivity index (χ4n) is 4.52. The Balaban J connectivity index is 1.38. The second-order valence-corrected chi connectivity index (χ2v) is 11.2. The van der Waals surface area contributed by atoms with E-state index in [0.717, 1.165) is 33.9 Å². The van der Waals surface area contributed by atoms with Crippen LogP contribution in [0.15, 0.2) is 41.3 Å². The van der Waals surface area contributed by atoms with Crippen LogP contribution in [-0.2, 0) is 33.6 Å². The Morgan fingerprint density at radius 1 is 1.06 bits per heavy atom. The number of nitrogens with one attached hydrogen (secondary N) is 1. The van der Waals surface area contributed by atoms with Crippen LogP contribution in [0.4, 0.5) is 0 Å². The molecule has 2 aromatic rings. The monoisotopic (exact) mass is 515 g/mol. The van der Waals surface area contributed by atoms with E-state index in [0.29, 0.717) is 25.7 Å². The van der Waals surface area contributed by atoms with Gasteiger partial charge in [-0.25, -0.2) is 8.51 Å². The van der Waals surface area contributed by atoms with Crippen molar-refractivity contribution in [2.24, 2.45) is 0 Å². The normalized spacial score (nSPS) is 14.8. The predicted octanol–water partition coefficient (Wildman–Crippen LogP) is 3.97. The summed E-state index contributed by atoms with van der Waals surface area (Å²) in [5.74, 6) is 0.680. The molecule has 1 fully saturated rings. The van der Waals surface area contributed by atoms with Crippen molar-refractivity contribution in [3.8, 4) is 5.75 Å². The largest absolute Gasteiger partial charge is 0.497 e. The van der Waals surface area contributed by atoms with Gasteiger partial charge in [-0.15, -0.1) is 0 Å². The molecule has 3 rings (SSSR count). The highest BCUT2D eigenvalue weighted by Crippen LogP contribution is 2.25. The summed E-state index contributed by atoms with van der Waals surface area (Å²) in [6, 6.07) is 12.9. The number of rotatable bonds is 13. The first kappa shape index (κ1) is 28.3. The van der Waals surface area contributed by atoms with E-state index in [1.165, 1.54) is 31.2 Å². The van der Waals surface area contributed by atoms with Crippen LogP contribution in [0, 0.1) is 13.8 Å². The van der Waals surface area contributed by atoms with Crippen molar-refractivity contribution in [1.82, 2.24) is 14.5 Å². The van der Waals surface area contributed by atoms with Gasteiger partial charge in [0.25, 0.3) is 0 Å². The van der Waals surface area contributed by atoms with Crippen LogP contribution in [0.2, 0.25) is 0 Å². The molecule has 0 bridgehead atoms. The minimum absolute atomic E-state index is 0.000951. The predicted molar refractivity (Wildman–Crippen MR) is 144 cm³/mol. The first-order valence-corrected chi connectivity index (χ1v) is 13.8. The lowest BCUT2D eigenvalue weighted by Gasteiger charge is -2.20. The molecule has 1 aliphatic carbocycles. The van der Waals surface area contributed by atoms with E-state index in [2.05, 4.69) is 29.6 Å². The molecule has 1 unspecified atom stereocenters. The average molecular weight is 516 g/mol. The summed E-state index contributed by atoms with van der Waals surface area (Å²) in [5, 5.41) is 3.63. The van der Waals surface area contributed by atoms with E-state index >= 15 is 0 Å². The zero-order chi connectivity index (χ0) is 26.1. The van der Waals surface area contributed by atoms with Crippen LogP contribution < -0.4 is 10.1 Å². The van der Waals surface area contributed by atoms with Gasteiger partial charge in [0.05, 0.1) is 18.6 Å². The van der Waals surface area contributed by atoms with Crippen LogP contribution in [0.25, 0.3) is 0 Å². The quantitative estimate of drug-likeness (QED) is 0.409. The highest BCUT2D eigenvalue weighted by molar-refractivity contribution is 7.82. The smallest absolute Gasteiger partial charge is 0.248 e. The van der Waals surface area contributed by atoms with E-state index in [-0.39, 0.29) is 12.5 Å². The van der Waals surface area contributed by atoms with Gasteiger partial charge in [0, 0.05) is 39.8 Å². The van der Waals surface area contributed by atoms with Crippen molar-refractivity contribution in [1.29, 1.82) is 0 Å². The fraction of sp³-hybridized carbons (Fsp3) is 0.536. The maximum atomic E-state index is 13.0. The third kappa shape index (κ3) is 8.13. The Bertz CT molecular complexity index is 999. The van der Waals surface area contributed by atoms with Crippen LogP contribution in [0.5, 0.6) is 5.75 Å². The molecule has 198 valence electrons. The molecular weight excluding hydrogens is 474 g/mol. The number of benzene rings is 2. The topological polar surface area (TPSA) is 71.1 Å². The molecule has 0 heterocycles. The van der Waals surface area contributed by atoms with Gasteiger partial charge in [-0.3, -0.25) is 4.79 Å². The number of methoxy groups -OCH3 is 1. The van der Waals surface area contributed by atoms with E-state index in [9.17, 15) is 9.00 Å². The molecule has 1 amide bonds. The minimum Gasteiger partial charge on any atom is -0.497 e. The second kappa shape index (κ2) is 13.9. The summed E-state index contributed by atoms with van der Waals surface area (Å²) in [4.78, 5) is 15.0. The average Bonchev–Trinajstić information content (AvgIpc) is 3.39. The van der Waals surface area contributed by atoms with Gasteiger partial charge in [-0.2, -0.15) is 0 Å². The third-order valence-corrected chi connectivity index (χ3v) is 8.46. The standard InChI is InChI=1S/C28H41N3O4S/c1-21-16-26(34-5)17-22(2)28(21)36(33)31(4)14-15-35-20-27(32)30(3)19-24-12-10-23(11-13-24)18-29-25-8-6-7-9-25/h10-13,16-17,25,29H,6-9,14-15,18-20H2,1-5H3. The number of amides is 1. The summed E-state index contributed by atoms with van der Waals surface area (Å²) >= 11 is 0. The molecule has 0 saturated heterocycles. The van der Waals surface area contributed by atoms with E-state index in [1.54, 1.807) is 30.4 Å². The first-order valence-electron chi connectivity index (χ1n) is 12.7. The number of likely N-dealkylation sites (N-methyl/N-ethyl adjacent to an activating group) is 2. The van der Waals surface area contributed by atoms with E-state index < -0.39 is 11.0 Å². The second-order valence-electron chi connectivity index (χ2n) is 9.67. The van der Waals surface area contributed by atoms with Crippen molar-refractivity contribution in [3.63, 3.8) is 0 Å². The molecule has 2 aromatic carbocycles. The first-order chi connectivity index (χ1) is 17.3. The van der Waals surface area contributed by atoms with Gasteiger partial charge in [-0.05, 0) is 61.1 Å². The molecule has 0 radical (unpaired) electrons. The lowest BCUT2D eigenvalue weighted by molar-refractivity contribution is -0.135. The van der Waals surface area contributed by atoms with Crippen LogP contribution >= 0.6 is 0 Å². The van der Waals surface area contributed by atoms with E-state index in [4.69, 9.17) is 9.47 Å². The van der Waals surface area contributed by atoms with Gasteiger partial charge in [-0.1, -0.05) is 37.1 Å². The number of ether oxygens (including phenoxy) is 2. The number of hydrogen-bond donors (Lipinski definition) is 1. The molecule has 1 aliphatic rings. The SMILES string of the molecule is COc1cc(C)c(S(=O)N(C)CCOCC(=O)N(C)Cc2ccc(CNC3CCCC3)cc2)c(C)c1. The molecule has 1 N–H and O–H groups in total. The van der Waals surface area contributed by atoms with Crippen molar-refractivity contribution >= 4 is 16.9 Å². The molecule has 0 spiro atoms. The maximum absolute atomic E-state index is 13.0. The molecule has 8 heteroatoms. The summed E-state index contributed by atoms with van der Waals surface area (Å²) in [6.45, 7) is 6.07. The summed E-state index contributed by atoms with van der Waals surface area (Å²) in [5.41, 5.74) is 4.21. The number of hydrogen-bond acceptors (Lipinski definition) is 5. The highest BCUT2D eigenvalue weighted by Gasteiger charge is 2.18. The van der Waals surface area contributed by atoms with Gasteiger partial charge in [0.2, 0.25) is 5.91 Å². The molecule has 0 aliphatic heterocycles. The van der Waals surface area contributed by atoms with Crippen molar-refractivity contribution in [2.75, 3.05) is 41.0 Å². The maximum Gasteiger partial charge on any atom is 0.248 e. The fourth-order valence-corrected chi connectivity index (χ4v) is 5.74. The molecule has 36 heavy (non-hydrogen) atoms. The Labute approximate surface area is 218 Å². The van der Waals surface area contributed by atoms with Gasteiger partial charge < -0.3 is 19.7 Å². The number of carbonyl (C=O) groups is 1. The molecule has 0 aromatic heterocycles. The Morgan fingerprint density at radius 2 is 1.67 bits per heavy atom. The van der Waals surface area contributed by atoms with Crippen molar-refractivity contribution in [3.05, 3.63) is 58.7 Å². The summed E-state index contributed by atoms with van der Waals surface area (Å²) in [7, 11) is 3.89. The van der Waals surface area contributed by atoms with Gasteiger partial charge >= 0.3 is 0 Å². The number of carbonyl (C=O) groups excluding carboxylic acids is 1. The molecule has 1 saturated carbocycles. The van der Waals surface area contributed by atoms with E-state index in [1.807, 2.05) is 26.0 Å². The third-order valence-electron chi connectivity index (χ3n) is 6.72. The van der Waals surface area contributed by atoms with Crippen LogP contribution in [0.3, 0.4) is 0 Å². The Morgan fingerprint density at radius 3 is 2.28 bits per heavy atom. The zero-order valence-electron chi connectivity index (χ0n) is 22.3. The van der Waals surface area contributed by atoms with Gasteiger partial charge in [0.15, 0.2) is 0 Å². The van der Waals surface area contributed by atoms with Crippen LogP contribution in [-0.4, -0.2) is 66.3 Å². The summed E-state index contributed by atoms with van der Waals surface area (Å²) in [6.07, 6.45) is 5.23. The lowest BCUT2D eigenvalue weighted by atomic mass is 10.1. The Hall–Kier alpha value is -2.26. The van der Waals surface area contributed by atoms with Crippen molar-refractivity contribution < 1.29 is 18.5 Å². The van der Waals surface area contributed by atoms with Crippen LogP contribution in [0.1, 0.15) is 47.9 Å². The lowest BCUT2D eigenvalue weighted by Crippen LogP contribution is -2.32. The van der Waals surface area contributed by atoms with Gasteiger partial charge in [0.1, 0.15) is 23.3 Å². The summed E-state index contributed by atoms with van der Waals surface area (Å²) < 4.78 is 25.7. The zero-order valence-corrected chi connectivity index (χ0v) is 23.2. The molecular formula is C28H41N3O4S. The Kier molecular flexibility index (Phi) is 10.9. The van der Waals surface area contributed by atoms with Crippen molar-refractivity contribution in [2.45, 2.75) is 63.6 Å². The molecule has 7 nitrogen and oxygen atoms in total. The minimum atomic E-state index is -1.32. The number of aryl methyl sites for hydroxylation is 2. The molecule has 1 atom stereocenters.